The highest BCUT2D eigenvalue weighted by Crippen LogP contribution is 2.27. The summed E-state index contributed by atoms with van der Waals surface area (Å²) in [6.07, 6.45) is 3.29. The second kappa shape index (κ2) is 4.94. The monoisotopic (exact) mass is 240 g/mol. The molecule has 2 fully saturated rings. The van der Waals surface area contributed by atoms with Gasteiger partial charge in [0.2, 0.25) is 0 Å². The second-order valence-corrected chi connectivity index (χ2v) is 5.79. The summed E-state index contributed by atoms with van der Waals surface area (Å²) in [5.74, 6) is -0.658. The number of fused-ring (bicyclic) bond motifs is 1. The van der Waals surface area contributed by atoms with Gasteiger partial charge >= 0.3 is 5.97 Å². The fraction of sp³-hybridized carbons (Fsp3) is 0.923. The fourth-order valence-electron chi connectivity index (χ4n) is 3.02. The molecule has 2 rings (SSSR count). The van der Waals surface area contributed by atoms with Crippen LogP contribution in [-0.2, 0) is 4.79 Å². The van der Waals surface area contributed by atoms with Crippen LogP contribution in [0.5, 0.6) is 0 Å². The van der Waals surface area contributed by atoms with Crippen LogP contribution >= 0.6 is 0 Å². The second-order valence-electron chi connectivity index (χ2n) is 5.79. The molecular formula is C13H24N2O2. The van der Waals surface area contributed by atoms with E-state index in [1.165, 1.54) is 19.4 Å². The van der Waals surface area contributed by atoms with E-state index in [0.29, 0.717) is 19.0 Å². The van der Waals surface area contributed by atoms with Crippen molar-refractivity contribution in [2.24, 2.45) is 5.41 Å². The van der Waals surface area contributed by atoms with Gasteiger partial charge < -0.3 is 5.11 Å². The Hall–Kier alpha value is -0.610. The number of carboxylic acids is 1. The third-order valence-electron chi connectivity index (χ3n) is 4.54. The molecule has 2 aliphatic heterocycles. The summed E-state index contributed by atoms with van der Waals surface area (Å²) in [6.45, 7) is 8.98. The molecular weight excluding hydrogens is 216 g/mol. The van der Waals surface area contributed by atoms with Gasteiger partial charge in [-0.1, -0.05) is 6.92 Å². The minimum absolute atomic E-state index is 0.583. The van der Waals surface area contributed by atoms with Crippen molar-refractivity contribution in [2.45, 2.75) is 39.2 Å². The lowest BCUT2D eigenvalue weighted by atomic mass is 9.86. The number of nitrogens with zero attached hydrogens (tertiary/aromatic N) is 2. The summed E-state index contributed by atoms with van der Waals surface area (Å²) in [4.78, 5) is 16.2. The maximum absolute atomic E-state index is 11.3. The smallest absolute Gasteiger partial charge is 0.310 e. The largest absolute Gasteiger partial charge is 0.481 e. The predicted octanol–water partition coefficient (Wildman–Crippen LogP) is 1.27. The molecule has 0 amide bonds. The van der Waals surface area contributed by atoms with Crippen LogP contribution < -0.4 is 0 Å². The Morgan fingerprint density at radius 1 is 1.41 bits per heavy atom. The highest BCUT2D eigenvalue weighted by molar-refractivity contribution is 5.74. The molecule has 2 unspecified atom stereocenters. The van der Waals surface area contributed by atoms with Gasteiger partial charge in [0, 0.05) is 32.2 Å². The highest BCUT2D eigenvalue weighted by atomic mass is 16.4. The van der Waals surface area contributed by atoms with Gasteiger partial charge in [-0.2, -0.15) is 0 Å². The summed E-state index contributed by atoms with van der Waals surface area (Å²) in [7, 11) is 0. The number of carbonyl (C=O) groups is 1. The summed E-state index contributed by atoms with van der Waals surface area (Å²) < 4.78 is 0. The number of aliphatic carboxylic acids is 1. The van der Waals surface area contributed by atoms with Crippen LogP contribution in [0.1, 0.15) is 33.1 Å². The lowest BCUT2D eigenvalue weighted by Gasteiger charge is -2.40. The Labute approximate surface area is 104 Å². The minimum atomic E-state index is -0.658. The maximum Gasteiger partial charge on any atom is 0.310 e. The van der Waals surface area contributed by atoms with E-state index in [2.05, 4.69) is 9.80 Å². The molecule has 0 saturated carbocycles. The first-order valence-electron chi connectivity index (χ1n) is 6.75. The van der Waals surface area contributed by atoms with Crippen molar-refractivity contribution < 1.29 is 9.90 Å². The molecule has 2 saturated heterocycles. The first kappa shape index (κ1) is 12.8. The number of rotatable bonds is 4. The Balaban J connectivity index is 1.93. The van der Waals surface area contributed by atoms with E-state index >= 15 is 0 Å². The number of piperazine rings is 1. The van der Waals surface area contributed by atoms with Gasteiger partial charge in [-0.05, 0) is 32.7 Å². The number of hydrogen-bond donors (Lipinski definition) is 1. The molecule has 17 heavy (non-hydrogen) atoms. The van der Waals surface area contributed by atoms with E-state index in [0.717, 1.165) is 19.6 Å². The zero-order valence-corrected chi connectivity index (χ0v) is 11.0. The SMILES string of the molecule is CCC(C)(CN1CCN2CCCC2C1)C(=O)O. The van der Waals surface area contributed by atoms with Gasteiger partial charge in [0.15, 0.2) is 0 Å². The normalized spacial score (nSPS) is 29.9. The number of carboxylic acid groups (broad SMARTS) is 1. The van der Waals surface area contributed by atoms with E-state index in [-0.39, 0.29) is 0 Å². The molecule has 0 bridgehead atoms. The third-order valence-corrected chi connectivity index (χ3v) is 4.54. The molecule has 0 radical (unpaired) electrons. The van der Waals surface area contributed by atoms with Crippen molar-refractivity contribution in [3.63, 3.8) is 0 Å². The van der Waals surface area contributed by atoms with Gasteiger partial charge in [0.1, 0.15) is 0 Å². The molecule has 4 heteroatoms. The highest BCUT2D eigenvalue weighted by Gasteiger charge is 2.37. The van der Waals surface area contributed by atoms with Crippen LogP contribution in [0.15, 0.2) is 0 Å². The maximum atomic E-state index is 11.3. The van der Waals surface area contributed by atoms with Crippen LogP contribution in [0.25, 0.3) is 0 Å². The fourth-order valence-corrected chi connectivity index (χ4v) is 3.02. The van der Waals surface area contributed by atoms with Crippen LogP contribution in [0, 0.1) is 5.41 Å². The van der Waals surface area contributed by atoms with Crippen molar-refractivity contribution in [3.8, 4) is 0 Å². The molecule has 0 aromatic carbocycles. The minimum Gasteiger partial charge on any atom is -0.481 e. The molecule has 2 atom stereocenters. The van der Waals surface area contributed by atoms with Crippen LogP contribution in [-0.4, -0.2) is 59.6 Å². The van der Waals surface area contributed by atoms with Crippen LogP contribution in [0.3, 0.4) is 0 Å². The molecule has 0 aromatic rings. The summed E-state index contributed by atoms with van der Waals surface area (Å²) in [6, 6.07) is 0.679. The molecule has 98 valence electrons. The molecule has 1 N–H and O–H groups in total. The van der Waals surface area contributed by atoms with Crippen molar-refractivity contribution in [3.05, 3.63) is 0 Å². The third kappa shape index (κ3) is 2.63. The van der Waals surface area contributed by atoms with E-state index in [4.69, 9.17) is 0 Å². The average molecular weight is 240 g/mol. The zero-order valence-electron chi connectivity index (χ0n) is 11.0. The van der Waals surface area contributed by atoms with Crippen molar-refractivity contribution in [1.82, 2.24) is 9.80 Å². The molecule has 0 aliphatic carbocycles. The first-order valence-corrected chi connectivity index (χ1v) is 6.75. The van der Waals surface area contributed by atoms with Crippen molar-refractivity contribution >= 4 is 5.97 Å². The van der Waals surface area contributed by atoms with E-state index in [9.17, 15) is 9.90 Å². The van der Waals surface area contributed by atoms with Gasteiger partial charge in [-0.3, -0.25) is 14.6 Å². The van der Waals surface area contributed by atoms with E-state index < -0.39 is 11.4 Å². The topological polar surface area (TPSA) is 43.8 Å². The Bertz CT molecular complexity index is 295. The van der Waals surface area contributed by atoms with Crippen molar-refractivity contribution in [1.29, 1.82) is 0 Å². The molecule has 2 heterocycles. The van der Waals surface area contributed by atoms with E-state index in [1.54, 1.807) is 0 Å². The van der Waals surface area contributed by atoms with Gasteiger partial charge in [0.25, 0.3) is 0 Å². The predicted molar refractivity (Wildman–Crippen MR) is 67.1 cm³/mol. The van der Waals surface area contributed by atoms with Crippen molar-refractivity contribution in [2.75, 3.05) is 32.7 Å². The van der Waals surface area contributed by atoms with E-state index in [1.807, 2.05) is 13.8 Å². The molecule has 0 spiro atoms. The average Bonchev–Trinajstić information content (AvgIpc) is 2.75. The first-order chi connectivity index (χ1) is 8.05. The lowest BCUT2D eigenvalue weighted by molar-refractivity contribution is -0.149. The molecule has 2 aliphatic rings. The van der Waals surface area contributed by atoms with Gasteiger partial charge in [-0.25, -0.2) is 0 Å². The molecule has 0 aromatic heterocycles. The summed E-state index contributed by atoms with van der Waals surface area (Å²) in [5.41, 5.74) is -0.583. The van der Waals surface area contributed by atoms with Gasteiger partial charge in [-0.15, -0.1) is 0 Å². The Morgan fingerprint density at radius 3 is 2.82 bits per heavy atom. The standard InChI is InChI=1S/C13H24N2O2/c1-3-13(2,12(16)17)10-14-7-8-15-6-4-5-11(15)9-14/h11H,3-10H2,1-2H3,(H,16,17). The van der Waals surface area contributed by atoms with Crippen LogP contribution in [0.2, 0.25) is 0 Å². The van der Waals surface area contributed by atoms with Crippen LogP contribution in [0.4, 0.5) is 0 Å². The summed E-state index contributed by atoms with van der Waals surface area (Å²) >= 11 is 0. The number of hydrogen-bond acceptors (Lipinski definition) is 3. The molecule has 4 nitrogen and oxygen atoms in total. The quantitative estimate of drug-likeness (QED) is 0.803. The zero-order chi connectivity index (χ0) is 12.5. The Kier molecular flexibility index (Phi) is 3.73. The van der Waals surface area contributed by atoms with Gasteiger partial charge in [0.05, 0.1) is 5.41 Å². The summed E-state index contributed by atoms with van der Waals surface area (Å²) in [5, 5.41) is 9.31. The lowest BCUT2D eigenvalue weighted by Crippen LogP contribution is -2.53. The Morgan fingerprint density at radius 2 is 2.18 bits per heavy atom.